The number of nitrogens with one attached hydrogen (secondary N) is 1. The lowest BCUT2D eigenvalue weighted by molar-refractivity contribution is 0.259. The minimum absolute atomic E-state index is 0.726. The minimum atomic E-state index is 0.726. The van der Waals surface area contributed by atoms with Crippen LogP contribution in [0.3, 0.4) is 0 Å². The molecule has 3 nitrogen and oxygen atoms in total. The summed E-state index contributed by atoms with van der Waals surface area (Å²) < 4.78 is 0. The van der Waals surface area contributed by atoms with Crippen LogP contribution in [-0.4, -0.2) is 35.6 Å². The fourth-order valence-corrected chi connectivity index (χ4v) is 2.60. The first-order valence-corrected chi connectivity index (χ1v) is 6.66. The van der Waals surface area contributed by atoms with Crippen molar-refractivity contribution in [1.29, 1.82) is 0 Å². The summed E-state index contributed by atoms with van der Waals surface area (Å²) in [5, 5.41) is 3.54. The lowest BCUT2D eigenvalue weighted by atomic mass is 10.2. The maximum absolute atomic E-state index is 4.41. The highest BCUT2D eigenvalue weighted by Gasteiger charge is 2.22. The molecule has 0 aliphatic carbocycles. The van der Waals surface area contributed by atoms with Crippen LogP contribution in [0.2, 0.25) is 0 Å². The molecule has 0 saturated carbocycles. The molecule has 1 N–H and O–H groups in total. The number of likely N-dealkylation sites (tertiary alicyclic amines) is 1. The Balaban J connectivity index is 1.78. The second kappa shape index (κ2) is 6.12. The molecule has 1 aliphatic rings. The first-order chi connectivity index (χ1) is 8.31. The molecule has 0 amide bonds. The number of likely N-dealkylation sites (N-methyl/N-ethyl adjacent to an activating group) is 1. The van der Waals surface area contributed by atoms with Crippen molar-refractivity contribution in [3.63, 3.8) is 0 Å². The second-order valence-electron chi connectivity index (χ2n) is 4.82. The summed E-state index contributed by atoms with van der Waals surface area (Å²) in [6.45, 7) is 8.80. The van der Waals surface area contributed by atoms with Gasteiger partial charge >= 0.3 is 0 Å². The van der Waals surface area contributed by atoms with Crippen LogP contribution in [0, 0.1) is 6.92 Å². The summed E-state index contributed by atoms with van der Waals surface area (Å²) in [7, 11) is 0. The SMILES string of the molecule is CCN1CCCC1CNCc1ncccc1C. The summed E-state index contributed by atoms with van der Waals surface area (Å²) in [6, 6.07) is 4.84. The average Bonchev–Trinajstić information content (AvgIpc) is 2.79. The van der Waals surface area contributed by atoms with E-state index in [1.807, 2.05) is 12.3 Å². The molecule has 1 aromatic heterocycles. The van der Waals surface area contributed by atoms with Crippen molar-refractivity contribution in [1.82, 2.24) is 15.2 Å². The molecule has 1 atom stereocenters. The van der Waals surface area contributed by atoms with Crippen LogP contribution in [0.4, 0.5) is 0 Å². The molecule has 1 unspecified atom stereocenters. The third-order valence-electron chi connectivity index (χ3n) is 3.70. The van der Waals surface area contributed by atoms with Crippen LogP contribution in [0.25, 0.3) is 0 Å². The fraction of sp³-hybridized carbons (Fsp3) is 0.643. The van der Waals surface area contributed by atoms with Crippen LogP contribution in [0.1, 0.15) is 31.0 Å². The average molecular weight is 233 g/mol. The summed E-state index contributed by atoms with van der Waals surface area (Å²) in [4.78, 5) is 6.97. The summed E-state index contributed by atoms with van der Waals surface area (Å²) in [5.41, 5.74) is 2.45. The third-order valence-corrected chi connectivity index (χ3v) is 3.70. The van der Waals surface area contributed by atoms with Gasteiger partial charge in [-0.2, -0.15) is 0 Å². The van der Waals surface area contributed by atoms with E-state index >= 15 is 0 Å². The van der Waals surface area contributed by atoms with Gasteiger partial charge in [-0.15, -0.1) is 0 Å². The molecule has 0 aromatic carbocycles. The van der Waals surface area contributed by atoms with Crippen LogP contribution in [0.5, 0.6) is 0 Å². The van der Waals surface area contributed by atoms with Gasteiger partial charge in [0.1, 0.15) is 0 Å². The first kappa shape index (κ1) is 12.5. The highest BCUT2D eigenvalue weighted by molar-refractivity contribution is 5.17. The van der Waals surface area contributed by atoms with E-state index in [-0.39, 0.29) is 0 Å². The van der Waals surface area contributed by atoms with Gasteiger partial charge in [-0.1, -0.05) is 13.0 Å². The Kier molecular flexibility index (Phi) is 4.51. The van der Waals surface area contributed by atoms with Crippen molar-refractivity contribution in [3.8, 4) is 0 Å². The maximum Gasteiger partial charge on any atom is 0.0570 e. The zero-order chi connectivity index (χ0) is 12.1. The van der Waals surface area contributed by atoms with Gasteiger partial charge in [0.2, 0.25) is 0 Å². The lowest BCUT2D eigenvalue weighted by Crippen LogP contribution is -2.37. The standard InChI is InChI=1S/C14H23N3/c1-3-17-9-5-7-13(17)10-15-11-14-12(2)6-4-8-16-14/h4,6,8,13,15H,3,5,7,9-11H2,1-2H3. The molecule has 94 valence electrons. The molecular formula is C14H23N3. The number of nitrogens with zero attached hydrogens (tertiary/aromatic N) is 2. The Morgan fingerprint density at radius 1 is 1.53 bits per heavy atom. The topological polar surface area (TPSA) is 28.2 Å². The molecule has 2 heterocycles. The third kappa shape index (κ3) is 3.27. The second-order valence-corrected chi connectivity index (χ2v) is 4.82. The number of hydrogen-bond acceptors (Lipinski definition) is 3. The van der Waals surface area contributed by atoms with Crippen molar-refractivity contribution in [2.24, 2.45) is 0 Å². The minimum Gasteiger partial charge on any atom is -0.310 e. The molecule has 3 heteroatoms. The van der Waals surface area contributed by atoms with Gasteiger partial charge in [-0.25, -0.2) is 0 Å². The smallest absolute Gasteiger partial charge is 0.0570 e. The van der Waals surface area contributed by atoms with E-state index in [1.165, 1.54) is 37.2 Å². The molecule has 1 fully saturated rings. The van der Waals surface area contributed by atoms with Crippen LogP contribution in [-0.2, 0) is 6.54 Å². The highest BCUT2D eigenvalue weighted by Crippen LogP contribution is 2.15. The van der Waals surface area contributed by atoms with E-state index in [1.54, 1.807) is 0 Å². The molecule has 0 bridgehead atoms. The van der Waals surface area contributed by atoms with E-state index in [0.717, 1.165) is 19.1 Å². The quantitative estimate of drug-likeness (QED) is 0.842. The van der Waals surface area contributed by atoms with Gasteiger partial charge in [0.25, 0.3) is 0 Å². The monoisotopic (exact) mass is 233 g/mol. The Bertz CT molecular complexity index is 351. The number of pyridine rings is 1. The molecule has 2 rings (SSSR count). The number of aryl methyl sites for hydroxylation is 1. The zero-order valence-electron chi connectivity index (χ0n) is 10.9. The Labute approximate surface area is 104 Å². The molecule has 0 radical (unpaired) electrons. The van der Waals surface area contributed by atoms with E-state index in [2.05, 4.69) is 35.1 Å². The predicted molar refractivity (Wildman–Crippen MR) is 70.9 cm³/mol. The maximum atomic E-state index is 4.41. The van der Waals surface area contributed by atoms with Crippen LogP contribution < -0.4 is 5.32 Å². The fourth-order valence-electron chi connectivity index (χ4n) is 2.60. The van der Waals surface area contributed by atoms with Crippen molar-refractivity contribution in [3.05, 3.63) is 29.6 Å². The number of rotatable bonds is 5. The van der Waals surface area contributed by atoms with E-state index in [4.69, 9.17) is 0 Å². The molecule has 1 aromatic rings. The van der Waals surface area contributed by atoms with Gasteiger partial charge < -0.3 is 5.32 Å². The lowest BCUT2D eigenvalue weighted by Gasteiger charge is -2.23. The Morgan fingerprint density at radius 3 is 3.18 bits per heavy atom. The number of hydrogen-bond donors (Lipinski definition) is 1. The van der Waals surface area contributed by atoms with Gasteiger partial charge in [-0.3, -0.25) is 9.88 Å². The van der Waals surface area contributed by atoms with E-state index in [0.29, 0.717) is 0 Å². The highest BCUT2D eigenvalue weighted by atomic mass is 15.2. The molecule has 1 saturated heterocycles. The Hall–Kier alpha value is -0.930. The normalized spacial score (nSPS) is 20.9. The Morgan fingerprint density at radius 2 is 2.41 bits per heavy atom. The summed E-state index contributed by atoms with van der Waals surface area (Å²) >= 11 is 0. The van der Waals surface area contributed by atoms with E-state index < -0.39 is 0 Å². The first-order valence-electron chi connectivity index (χ1n) is 6.66. The van der Waals surface area contributed by atoms with Crippen LogP contribution >= 0.6 is 0 Å². The molecular weight excluding hydrogens is 210 g/mol. The largest absolute Gasteiger partial charge is 0.310 e. The van der Waals surface area contributed by atoms with Crippen molar-refractivity contribution >= 4 is 0 Å². The van der Waals surface area contributed by atoms with Gasteiger partial charge in [0, 0.05) is 25.3 Å². The van der Waals surface area contributed by atoms with Crippen molar-refractivity contribution in [2.75, 3.05) is 19.6 Å². The van der Waals surface area contributed by atoms with Gasteiger partial charge in [0.15, 0.2) is 0 Å². The van der Waals surface area contributed by atoms with Crippen LogP contribution in [0.15, 0.2) is 18.3 Å². The number of aromatic nitrogens is 1. The molecule has 17 heavy (non-hydrogen) atoms. The molecule has 1 aliphatic heterocycles. The van der Waals surface area contributed by atoms with Gasteiger partial charge in [0.05, 0.1) is 5.69 Å². The van der Waals surface area contributed by atoms with Gasteiger partial charge in [-0.05, 0) is 44.5 Å². The molecule has 0 spiro atoms. The predicted octanol–water partition coefficient (Wildman–Crippen LogP) is 1.96. The summed E-state index contributed by atoms with van der Waals surface area (Å²) in [6.07, 6.45) is 4.56. The zero-order valence-corrected chi connectivity index (χ0v) is 10.9. The van der Waals surface area contributed by atoms with E-state index in [9.17, 15) is 0 Å². The van der Waals surface area contributed by atoms with Crippen molar-refractivity contribution < 1.29 is 0 Å². The van der Waals surface area contributed by atoms with Crippen molar-refractivity contribution in [2.45, 2.75) is 39.3 Å². The summed E-state index contributed by atoms with van der Waals surface area (Å²) in [5.74, 6) is 0.